The van der Waals surface area contributed by atoms with E-state index in [0.717, 1.165) is 30.7 Å². The van der Waals surface area contributed by atoms with E-state index in [1.54, 1.807) is 24.0 Å². The molecule has 1 aliphatic heterocycles. The number of carbonyl (C=O) groups excluding carboxylic acids is 1. The van der Waals surface area contributed by atoms with Gasteiger partial charge >= 0.3 is 0 Å². The molecule has 3 heterocycles. The summed E-state index contributed by atoms with van der Waals surface area (Å²) in [6, 6.07) is 13.7. The average Bonchev–Trinajstić information content (AvgIpc) is 3.16. The quantitative estimate of drug-likeness (QED) is 0.734. The number of amides is 1. The molecule has 2 N–H and O–H groups in total. The zero-order valence-electron chi connectivity index (χ0n) is 15.9. The Morgan fingerprint density at radius 1 is 1.21 bits per heavy atom. The van der Waals surface area contributed by atoms with Crippen LogP contribution in [0.1, 0.15) is 51.6 Å². The molecule has 1 atom stereocenters. The molecule has 144 valence electrons. The minimum Gasteiger partial charge on any atom is -0.338 e. The number of aromatic nitrogens is 3. The Hall–Kier alpha value is -3.15. The Morgan fingerprint density at radius 2 is 2.04 bits per heavy atom. The summed E-state index contributed by atoms with van der Waals surface area (Å²) in [7, 11) is 0. The van der Waals surface area contributed by atoms with Crippen LogP contribution in [0, 0.1) is 6.92 Å². The second-order valence-electron chi connectivity index (χ2n) is 7.45. The van der Waals surface area contributed by atoms with E-state index in [-0.39, 0.29) is 22.9 Å². The first kappa shape index (κ1) is 18.2. The predicted octanol–water partition coefficient (Wildman–Crippen LogP) is 3.02. The molecule has 1 amide bonds. The number of aryl methyl sites for hydroxylation is 1. The van der Waals surface area contributed by atoms with E-state index < -0.39 is 0 Å². The zero-order chi connectivity index (χ0) is 19.5. The van der Waals surface area contributed by atoms with Crippen LogP contribution in [0.2, 0.25) is 0 Å². The molecule has 0 unspecified atom stereocenters. The van der Waals surface area contributed by atoms with Gasteiger partial charge in [-0.05, 0) is 43.0 Å². The first-order valence-electron chi connectivity index (χ1n) is 9.67. The molecule has 3 aromatic rings. The summed E-state index contributed by atoms with van der Waals surface area (Å²) in [5, 5.41) is 7.42. The number of carbonyl (C=O) groups is 1. The van der Waals surface area contributed by atoms with E-state index in [2.05, 4.69) is 27.3 Å². The molecule has 28 heavy (non-hydrogen) atoms. The maximum absolute atomic E-state index is 12.9. The maximum Gasteiger partial charge on any atom is 0.260 e. The molecule has 1 saturated heterocycles. The molecular weight excluding hydrogens is 352 g/mol. The molecular formula is C22H24N4O2. The molecule has 1 aromatic carbocycles. The Morgan fingerprint density at radius 3 is 2.82 bits per heavy atom. The smallest absolute Gasteiger partial charge is 0.260 e. The van der Waals surface area contributed by atoms with Crippen molar-refractivity contribution in [2.24, 2.45) is 0 Å². The molecule has 4 rings (SSSR count). The Balaban J connectivity index is 1.52. The largest absolute Gasteiger partial charge is 0.338 e. The predicted molar refractivity (Wildman–Crippen MR) is 108 cm³/mol. The van der Waals surface area contributed by atoms with Crippen molar-refractivity contribution in [3.63, 3.8) is 0 Å². The molecule has 6 nitrogen and oxygen atoms in total. The van der Waals surface area contributed by atoms with Gasteiger partial charge in [0.2, 0.25) is 0 Å². The number of hydrogen-bond acceptors (Lipinski definition) is 3. The van der Waals surface area contributed by atoms with Gasteiger partial charge in [0.1, 0.15) is 5.56 Å². The van der Waals surface area contributed by atoms with Crippen molar-refractivity contribution in [2.45, 2.75) is 32.1 Å². The number of rotatable bonds is 4. The molecule has 0 spiro atoms. The molecule has 0 bridgehead atoms. The summed E-state index contributed by atoms with van der Waals surface area (Å²) >= 11 is 0. The Kier molecular flexibility index (Phi) is 5.10. The fourth-order valence-corrected chi connectivity index (χ4v) is 3.94. The van der Waals surface area contributed by atoms with Crippen LogP contribution in [0.5, 0.6) is 0 Å². The highest BCUT2D eigenvalue weighted by Crippen LogP contribution is 2.29. The highest BCUT2D eigenvalue weighted by Gasteiger charge is 2.28. The zero-order valence-corrected chi connectivity index (χ0v) is 15.9. The molecule has 0 aliphatic carbocycles. The minimum absolute atomic E-state index is 0.198. The van der Waals surface area contributed by atoms with Crippen LogP contribution in [-0.2, 0) is 6.42 Å². The monoisotopic (exact) mass is 376 g/mol. The van der Waals surface area contributed by atoms with Crippen LogP contribution >= 0.6 is 0 Å². The van der Waals surface area contributed by atoms with E-state index in [4.69, 9.17) is 0 Å². The second kappa shape index (κ2) is 7.84. The topological polar surface area (TPSA) is 81.8 Å². The lowest BCUT2D eigenvalue weighted by molar-refractivity contribution is 0.0703. The molecule has 1 fully saturated rings. The van der Waals surface area contributed by atoms with E-state index in [1.807, 2.05) is 24.4 Å². The third kappa shape index (κ3) is 3.76. The van der Waals surface area contributed by atoms with Gasteiger partial charge in [-0.15, -0.1) is 0 Å². The summed E-state index contributed by atoms with van der Waals surface area (Å²) in [5.74, 6) is -0.00137. The number of nitrogens with zero attached hydrogens (tertiary/aromatic N) is 2. The van der Waals surface area contributed by atoms with Crippen molar-refractivity contribution < 1.29 is 4.79 Å². The molecule has 2 aromatic heterocycles. The lowest BCUT2D eigenvalue weighted by Crippen LogP contribution is -2.41. The van der Waals surface area contributed by atoms with Gasteiger partial charge in [-0.2, -0.15) is 5.10 Å². The number of H-pyrrole nitrogens is 2. The highest BCUT2D eigenvalue weighted by atomic mass is 16.2. The van der Waals surface area contributed by atoms with E-state index >= 15 is 0 Å². The minimum atomic E-state index is -0.321. The van der Waals surface area contributed by atoms with Gasteiger partial charge in [-0.3, -0.25) is 14.7 Å². The Labute approximate surface area is 163 Å². The standard InChI is InChI=1S/C22H24N4O2/c1-15-9-10-19(21(27)24-15)22(28)26-11-5-8-17(14-26)20-18(13-23-25-20)12-16-6-3-2-4-7-16/h2-4,6-7,9-10,13,17H,5,8,11-12,14H2,1H3,(H,23,25)(H,24,27)/t17-/m1/s1. The third-order valence-electron chi connectivity index (χ3n) is 5.39. The summed E-state index contributed by atoms with van der Waals surface area (Å²) in [4.78, 5) is 29.6. The number of nitrogens with one attached hydrogen (secondary N) is 2. The lowest BCUT2D eigenvalue weighted by atomic mass is 9.90. The first-order chi connectivity index (χ1) is 13.6. The summed E-state index contributed by atoms with van der Waals surface area (Å²) in [6.45, 7) is 3.07. The number of likely N-dealkylation sites (tertiary alicyclic amines) is 1. The van der Waals surface area contributed by atoms with Crippen LogP contribution < -0.4 is 5.56 Å². The third-order valence-corrected chi connectivity index (χ3v) is 5.39. The Bertz CT molecular complexity index is 1020. The van der Waals surface area contributed by atoms with Crippen LogP contribution in [0.3, 0.4) is 0 Å². The van der Waals surface area contributed by atoms with E-state index in [0.29, 0.717) is 13.1 Å². The van der Waals surface area contributed by atoms with Crippen molar-refractivity contribution in [1.29, 1.82) is 0 Å². The van der Waals surface area contributed by atoms with E-state index in [9.17, 15) is 9.59 Å². The number of aromatic amines is 2. The van der Waals surface area contributed by atoms with Crippen molar-refractivity contribution in [3.8, 4) is 0 Å². The first-order valence-corrected chi connectivity index (χ1v) is 9.67. The van der Waals surface area contributed by atoms with Crippen LogP contribution in [0.15, 0.2) is 53.5 Å². The van der Waals surface area contributed by atoms with Crippen LogP contribution in [0.4, 0.5) is 0 Å². The van der Waals surface area contributed by atoms with Crippen LogP contribution in [0.25, 0.3) is 0 Å². The fourth-order valence-electron chi connectivity index (χ4n) is 3.94. The molecule has 0 saturated carbocycles. The fraction of sp³-hybridized carbons (Fsp3) is 0.318. The van der Waals surface area contributed by atoms with Crippen molar-refractivity contribution >= 4 is 5.91 Å². The molecule has 0 radical (unpaired) electrons. The summed E-state index contributed by atoms with van der Waals surface area (Å²) in [5.41, 5.74) is 4.14. The van der Waals surface area contributed by atoms with Crippen molar-refractivity contribution in [3.05, 3.63) is 87.1 Å². The number of piperidine rings is 1. The molecule has 6 heteroatoms. The average molecular weight is 376 g/mol. The SMILES string of the molecule is Cc1ccc(C(=O)N2CCC[C@@H](c3[nH]ncc3Cc3ccccc3)C2)c(=O)[nH]1. The normalized spacial score (nSPS) is 16.9. The number of hydrogen-bond donors (Lipinski definition) is 2. The van der Waals surface area contributed by atoms with Gasteiger partial charge in [-0.1, -0.05) is 30.3 Å². The van der Waals surface area contributed by atoms with Crippen molar-refractivity contribution in [1.82, 2.24) is 20.1 Å². The van der Waals surface area contributed by atoms with Crippen LogP contribution in [-0.4, -0.2) is 39.1 Å². The van der Waals surface area contributed by atoms with Gasteiger partial charge < -0.3 is 9.88 Å². The van der Waals surface area contributed by atoms with Gasteiger partial charge in [0, 0.05) is 36.8 Å². The maximum atomic E-state index is 12.9. The van der Waals surface area contributed by atoms with Gasteiger partial charge in [0.05, 0.1) is 6.20 Å². The summed E-state index contributed by atoms with van der Waals surface area (Å²) < 4.78 is 0. The van der Waals surface area contributed by atoms with Gasteiger partial charge in [0.25, 0.3) is 11.5 Å². The van der Waals surface area contributed by atoms with Gasteiger partial charge in [-0.25, -0.2) is 0 Å². The van der Waals surface area contributed by atoms with E-state index in [1.165, 1.54) is 11.1 Å². The number of benzene rings is 1. The lowest BCUT2D eigenvalue weighted by Gasteiger charge is -2.32. The highest BCUT2D eigenvalue weighted by molar-refractivity contribution is 5.94. The summed E-state index contributed by atoms with van der Waals surface area (Å²) in [6.07, 6.45) is 4.60. The van der Waals surface area contributed by atoms with Gasteiger partial charge in [0.15, 0.2) is 0 Å². The molecule has 1 aliphatic rings. The number of pyridine rings is 1. The van der Waals surface area contributed by atoms with Crippen molar-refractivity contribution in [2.75, 3.05) is 13.1 Å². The second-order valence-corrected chi connectivity index (χ2v) is 7.45.